The van der Waals surface area contributed by atoms with Gasteiger partial charge < -0.3 is 14.8 Å². The van der Waals surface area contributed by atoms with Crippen LogP contribution in [0.1, 0.15) is 17.3 Å². The van der Waals surface area contributed by atoms with Crippen molar-refractivity contribution in [3.63, 3.8) is 0 Å². The minimum Gasteiger partial charge on any atom is -0.494 e. The molecule has 1 amide bonds. The quantitative estimate of drug-likeness (QED) is 0.469. The number of ether oxygens (including phenoxy) is 2. The van der Waals surface area contributed by atoms with Crippen molar-refractivity contribution >= 4 is 23.3 Å². The summed E-state index contributed by atoms with van der Waals surface area (Å²) in [6.07, 6.45) is -1.30. The van der Waals surface area contributed by atoms with E-state index in [1.807, 2.05) is 0 Å². The summed E-state index contributed by atoms with van der Waals surface area (Å²) >= 11 is 0. The number of methoxy groups -OCH3 is 1. The fourth-order valence-electron chi connectivity index (χ4n) is 2.05. The molecule has 2 aromatic carbocycles. The predicted octanol–water partition coefficient (Wildman–Crippen LogP) is 3.07. The molecule has 0 saturated heterocycles. The Kier molecular flexibility index (Phi) is 6.01. The van der Waals surface area contributed by atoms with Gasteiger partial charge in [0.2, 0.25) is 5.82 Å². The number of benzene rings is 2. The van der Waals surface area contributed by atoms with Crippen LogP contribution in [0.15, 0.2) is 36.4 Å². The molecule has 0 spiro atoms. The van der Waals surface area contributed by atoms with E-state index in [2.05, 4.69) is 5.32 Å². The minimum absolute atomic E-state index is 0.0495. The van der Waals surface area contributed by atoms with Crippen molar-refractivity contribution in [1.29, 1.82) is 0 Å². The van der Waals surface area contributed by atoms with E-state index < -0.39 is 40.2 Å². The van der Waals surface area contributed by atoms with Crippen LogP contribution in [-0.2, 0) is 9.53 Å². The molecular weight excluding hydrogens is 366 g/mol. The lowest BCUT2D eigenvalue weighted by atomic mass is 10.2. The van der Waals surface area contributed by atoms with Gasteiger partial charge in [0.25, 0.3) is 5.91 Å². The molecule has 0 heterocycles. The third-order valence-corrected chi connectivity index (χ3v) is 3.45. The first-order chi connectivity index (χ1) is 12.7. The van der Waals surface area contributed by atoms with Crippen LogP contribution < -0.4 is 10.1 Å². The highest BCUT2D eigenvalue weighted by atomic mass is 19.1. The third kappa shape index (κ3) is 4.75. The number of carbonyl (C=O) groups is 2. The Morgan fingerprint density at radius 1 is 1.15 bits per heavy atom. The first-order valence-corrected chi connectivity index (χ1v) is 7.52. The van der Waals surface area contributed by atoms with Gasteiger partial charge in [-0.1, -0.05) is 0 Å². The molecule has 2 aromatic rings. The number of esters is 1. The Morgan fingerprint density at radius 3 is 2.44 bits per heavy atom. The highest BCUT2D eigenvalue weighted by Gasteiger charge is 2.21. The van der Waals surface area contributed by atoms with Gasteiger partial charge in [-0.2, -0.15) is 4.39 Å². The molecule has 1 atom stereocenters. The summed E-state index contributed by atoms with van der Waals surface area (Å²) in [5, 5.41) is 13.0. The number of anilines is 1. The maximum atomic E-state index is 13.6. The normalized spacial score (nSPS) is 11.4. The van der Waals surface area contributed by atoms with Crippen LogP contribution in [0, 0.1) is 21.7 Å². The number of nitrogens with zero attached hydrogens (tertiary/aromatic N) is 1. The number of nitro benzene ring substituents is 1. The van der Waals surface area contributed by atoms with Gasteiger partial charge in [-0.3, -0.25) is 14.9 Å². The topological polar surface area (TPSA) is 108 Å². The van der Waals surface area contributed by atoms with Crippen LogP contribution in [-0.4, -0.2) is 30.0 Å². The van der Waals surface area contributed by atoms with Gasteiger partial charge in [0, 0.05) is 11.8 Å². The maximum absolute atomic E-state index is 13.6. The average Bonchev–Trinajstić information content (AvgIpc) is 2.62. The van der Waals surface area contributed by atoms with Crippen LogP contribution in [0.4, 0.5) is 20.2 Å². The summed E-state index contributed by atoms with van der Waals surface area (Å²) in [7, 11) is 1.27. The smallest absolute Gasteiger partial charge is 0.339 e. The van der Waals surface area contributed by atoms with Crippen LogP contribution in [0.3, 0.4) is 0 Å². The van der Waals surface area contributed by atoms with Crippen molar-refractivity contribution in [2.24, 2.45) is 0 Å². The summed E-state index contributed by atoms with van der Waals surface area (Å²) in [5.74, 6) is -3.65. The number of rotatable bonds is 6. The zero-order chi connectivity index (χ0) is 20.1. The van der Waals surface area contributed by atoms with Gasteiger partial charge in [0.05, 0.1) is 17.6 Å². The average molecular weight is 380 g/mol. The molecule has 0 aliphatic rings. The van der Waals surface area contributed by atoms with E-state index in [-0.39, 0.29) is 17.0 Å². The molecule has 0 saturated carbocycles. The van der Waals surface area contributed by atoms with E-state index in [1.54, 1.807) is 0 Å². The summed E-state index contributed by atoms with van der Waals surface area (Å²) < 4.78 is 36.6. The number of carbonyl (C=O) groups excluding carboxylic acids is 2. The molecule has 0 aromatic heterocycles. The Balaban J connectivity index is 2.05. The second-order valence-electron chi connectivity index (χ2n) is 5.31. The number of nitrogens with one attached hydrogen (secondary N) is 1. The fraction of sp³-hybridized carbons (Fsp3) is 0.176. The standard InChI is InChI=1S/C17H14F2N2O6/c1-9(27-17(23)10-3-6-15(26-2)13(19)7-10)16(22)20-11-4-5-12(18)14(8-11)21(24)25/h3-9H,1-2H3,(H,20,22)/t9-/m1/s1. The van der Waals surface area contributed by atoms with E-state index in [9.17, 15) is 28.5 Å². The zero-order valence-electron chi connectivity index (χ0n) is 14.2. The highest BCUT2D eigenvalue weighted by Crippen LogP contribution is 2.22. The van der Waals surface area contributed by atoms with Gasteiger partial charge in [-0.05, 0) is 37.3 Å². The summed E-state index contributed by atoms with van der Waals surface area (Å²) in [6.45, 7) is 1.26. The van der Waals surface area contributed by atoms with Crippen LogP contribution in [0.5, 0.6) is 5.75 Å². The second-order valence-corrected chi connectivity index (χ2v) is 5.31. The molecule has 0 bridgehead atoms. The van der Waals surface area contributed by atoms with E-state index in [1.165, 1.54) is 26.2 Å². The van der Waals surface area contributed by atoms with E-state index in [0.29, 0.717) is 0 Å². The Morgan fingerprint density at radius 2 is 1.85 bits per heavy atom. The molecule has 0 aliphatic carbocycles. The first kappa shape index (κ1) is 19.8. The first-order valence-electron chi connectivity index (χ1n) is 7.52. The number of halogens is 2. The van der Waals surface area contributed by atoms with Crippen LogP contribution in [0.25, 0.3) is 0 Å². The van der Waals surface area contributed by atoms with Gasteiger partial charge >= 0.3 is 11.7 Å². The highest BCUT2D eigenvalue weighted by molar-refractivity contribution is 5.97. The van der Waals surface area contributed by atoms with Crippen LogP contribution in [0.2, 0.25) is 0 Å². The summed E-state index contributed by atoms with van der Waals surface area (Å²) in [4.78, 5) is 33.8. The van der Waals surface area contributed by atoms with Crippen molar-refractivity contribution in [3.8, 4) is 5.75 Å². The predicted molar refractivity (Wildman–Crippen MR) is 89.5 cm³/mol. The monoisotopic (exact) mass is 380 g/mol. The molecule has 0 aliphatic heterocycles. The van der Waals surface area contributed by atoms with E-state index >= 15 is 0 Å². The number of hydrogen-bond acceptors (Lipinski definition) is 6. The molecule has 10 heteroatoms. The molecule has 0 radical (unpaired) electrons. The number of amides is 1. The molecule has 142 valence electrons. The van der Waals surface area contributed by atoms with Gasteiger partial charge in [-0.25, -0.2) is 9.18 Å². The summed E-state index contributed by atoms with van der Waals surface area (Å²) in [5.41, 5.74) is -0.997. The van der Waals surface area contributed by atoms with Gasteiger partial charge in [-0.15, -0.1) is 0 Å². The molecule has 2 rings (SSSR count). The van der Waals surface area contributed by atoms with Crippen LogP contribution >= 0.6 is 0 Å². The van der Waals surface area contributed by atoms with Gasteiger partial charge in [0.1, 0.15) is 0 Å². The van der Waals surface area contributed by atoms with Crippen molar-refractivity contribution in [2.75, 3.05) is 12.4 Å². The van der Waals surface area contributed by atoms with E-state index in [0.717, 1.165) is 24.3 Å². The lowest BCUT2D eigenvalue weighted by Gasteiger charge is -2.14. The van der Waals surface area contributed by atoms with Gasteiger partial charge in [0.15, 0.2) is 17.7 Å². The molecule has 8 nitrogen and oxygen atoms in total. The molecule has 1 N–H and O–H groups in total. The van der Waals surface area contributed by atoms with E-state index in [4.69, 9.17) is 9.47 Å². The Labute approximate surface area is 151 Å². The molecule has 0 unspecified atom stereocenters. The zero-order valence-corrected chi connectivity index (χ0v) is 14.2. The number of nitro groups is 1. The lowest BCUT2D eigenvalue weighted by Crippen LogP contribution is -2.30. The summed E-state index contributed by atoms with van der Waals surface area (Å²) in [6, 6.07) is 6.17. The Hall–Kier alpha value is -3.56. The fourth-order valence-corrected chi connectivity index (χ4v) is 2.05. The largest absolute Gasteiger partial charge is 0.494 e. The molecule has 27 heavy (non-hydrogen) atoms. The SMILES string of the molecule is COc1ccc(C(=O)O[C@H](C)C(=O)Nc2ccc(F)c([N+](=O)[O-])c2)cc1F. The van der Waals surface area contributed by atoms with Crippen molar-refractivity contribution < 1.29 is 32.8 Å². The minimum atomic E-state index is -1.30. The third-order valence-electron chi connectivity index (χ3n) is 3.45. The lowest BCUT2D eigenvalue weighted by molar-refractivity contribution is -0.387. The molecule has 0 fully saturated rings. The molecular formula is C17H14F2N2O6. The Bertz CT molecular complexity index is 903. The second kappa shape index (κ2) is 8.21. The van der Waals surface area contributed by atoms with Crippen molar-refractivity contribution in [2.45, 2.75) is 13.0 Å². The maximum Gasteiger partial charge on any atom is 0.339 e. The van der Waals surface area contributed by atoms with Crippen molar-refractivity contribution in [1.82, 2.24) is 0 Å². The number of hydrogen-bond donors (Lipinski definition) is 1. The van der Waals surface area contributed by atoms with Crippen molar-refractivity contribution in [3.05, 3.63) is 63.7 Å².